The number of quaternary nitrogens is 1. The van der Waals surface area contributed by atoms with Gasteiger partial charge in [-0.15, -0.1) is 0 Å². The Bertz CT molecular complexity index is 1110. The van der Waals surface area contributed by atoms with Gasteiger partial charge in [-0.1, -0.05) is 126 Å². The maximum Gasteiger partial charge on any atom is 0.306 e. The lowest BCUT2D eigenvalue weighted by Crippen LogP contribution is -2.37. The van der Waals surface area contributed by atoms with Crippen LogP contribution in [0.2, 0.25) is 0 Å². The van der Waals surface area contributed by atoms with Gasteiger partial charge in [0.25, 0.3) is 7.82 Å². The Morgan fingerprint density at radius 1 is 0.574 bits per heavy atom. The van der Waals surface area contributed by atoms with Crippen molar-refractivity contribution in [3.63, 3.8) is 0 Å². The first-order valence-corrected chi connectivity index (χ1v) is 22.5. The summed E-state index contributed by atoms with van der Waals surface area (Å²) in [6.45, 7) is 4.09. The highest BCUT2D eigenvalue weighted by molar-refractivity contribution is 7.45. The number of nitrogens with zero attached hydrogens (tertiary/aromatic N) is 1. The molecule has 2 atom stereocenters. The molecule has 0 fully saturated rings. The Morgan fingerprint density at radius 3 is 1.59 bits per heavy atom. The van der Waals surface area contributed by atoms with Crippen LogP contribution in [-0.2, 0) is 32.7 Å². The van der Waals surface area contributed by atoms with Crippen LogP contribution in [-0.4, -0.2) is 70.0 Å². The smallest absolute Gasteiger partial charge is 0.306 e. The SMILES string of the molecule is CCCCC/C=C\C/C=C\C/C=C\C/C=C\CCCC(=O)O[C@H](COC(=O)CCCCCCC/C=C\CCCCCC)COP(=O)([O-])OCC[N+](C)(C)C. The number of ether oxygens (including phenoxy) is 2. The predicted octanol–water partition coefficient (Wildman–Crippen LogP) is 11.1. The molecule has 0 N–H and O–H groups in total. The molecule has 0 aliphatic carbocycles. The molecule has 0 aromatic carbocycles. The summed E-state index contributed by atoms with van der Waals surface area (Å²) in [5.41, 5.74) is 0. The number of likely N-dealkylation sites (N-methyl/N-ethyl adjacent to an activating group) is 1. The molecule has 1 unspecified atom stereocenters. The molecule has 54 heavy (non-hydrogen) atoms. The first-order chi connectivity index (χ1) is 26.0. The normalized spacial score (nSPS) is 14.3. The lowest BCUT2D eigenvalue weighted by Gasteiger charge is -2.28. The van der Waals surface area contributed by atoms with Crippen molar-refractivity contribution in [2.24, 2.45) is 0 Å². The highest BCUT2D eigenvalue weighted by Gasteiger charge is 2.21. The predicted molar refractivity (Wildman–Crippen MR) is 222 cm³/mol. The van der Waals surface area contributed by atoms with E-state index in [9.17, 15) is 19.0 Å². The molecule has 0 saturated heterocycles. The number of phosphoric acid groups is 1. The second-order valence-corrected chi connectivity index (χ2v) is 16.4. The Labute approximate surface area is 330 Å². The van der Waals surface area contributed by atoms with E-state index in [0.717, 1.165) is 51.4 Å². The van der Waals surface area contributed by atoms with Gasteiger partial charge < -0.3 is 27.9 Å². The number of hydrogen-bond donors (Lipinski definition) is 0. The molecule has 0 aliphatic heterocycles. The van der Waals surface area contributed by atoms with E-state index < -0.39 is 32.5 Å². The highest BCUT2D eigenvalue weighted by atomic mass is 31.2. The summed E-state index contributed by atoms with van der Waals surface area (Å²) in [7, 11) is 1.12. The highest BCUT2D eigenvalue weighted by Crippen LogP contribution is 2.38. The lowest BCUT2D eigenvalue weighted by atomic mass is 10.1. The van der Waals surface area contributed by atoms with E-state index in [1.807, 2.05) is 27.2 Å². The monoisotopic (exact) mass is 780 g/mol. The van der Waals surface area contributed by atoms with Gasteiger partial charge >= 0.3 is 11.9 Å². The second kappa shape index (κ2) is 36.4. The maximum absolute atomic E-state index is 12.6. The van der Waals surface area contributed by atoms with Crippen molar-refractivity contribution in [3.8, 4) is 0 Å². The molecule has 9 nitrogen and oxygen atoms in total. The van der Waals surface area contributed by atoms with E-state index in [1.165, 1.54) is 57.8 Å². The fourth-order valence-electron chi connectivity index (χ4n) is 5.17. The fraction of sp³-hybridized carbons (Fsp3) is 0.727. The van der Waals surface area contributed by atoms with Crippen LogP contribution in [0.1, 0.15) is 155 Å². The number of allylic oxidation sites excluding steroid dienone is 10. The van der Waals surface area contributed by atoms with E-state index in [2.05, 4.69) is 68.5 Å². The van der Waals surface area contributed by atoms with Gasteiger partial charge in [-0.05, 0) is 77.0 Å². The zero-order valence-electron chi connectivity index (χ0n) is 34.9. The third kappa shape index (κ3) is 39.4. The number of carbonyl (C=O) groups excluding carboxylic acids is 2. The standard InChI is InChI=1S/C44H78NO8P/c1-6-8-10-12-14-16-18-20-21-22-23-25-27-29-31-33-35-37-44(47)53-42(41-52-54(48,49)51-39-38-45(3,4)5)40-50-43(46)36-34-32-30-28-26-24-19-17-15-13-11-9-7-2/h14,16-17,19-21,23,25,29,31,42H,6-13,15,18,22,24,26-28,30,32-41H2,1-5H3/b16-14-,19-17-,21-20-,25-23-,31-29-/t42-/m1/s1. The minimum Gasteiger partial charge on any atom is -0.756 e. The Kier molecular flexibility index (Phi) is 34.8. The van der Waals surface area contributed by atoms with Gasteiger partial charge in [0.15, 0.2) is 6.10 Å². The molecular weight excluding hydrogens is 701 g/mol. The summed E-state index contributed by atoms with van der Waals surface area (Å²) < 4.78 is 33.7. The van der Waals surface area contributed by atoms with Gasteiger partial charge in [0.2, 0.25) is 0 Å². The van der Waals surface area contributed by atoms with Crippen molar-refractivity contribution in [2.45, 2.75) is 161 Å². The summed E-state index contributed by atoms with van der Waals surface area (Å²) in [6.07, 6.45) is 42.5. The second-order valence-electron chi connectivity index (χ2n) is 15.0. The quantitative estimate of drug-likeness (QED) is 0.0201. The van der Waals surface area contributed by atoms with E-state index in [0.29, 0.717) is 30.3 Å². The molecule has 0 radical (unpaired) electrons. The van der Waals surface area contributed by atoms with E-state index in [1.54, 1.807) is 0 Å². The first-order valence-electron chi connectivity index (χ1n) is 21.0. The minimum absolute atomic E-state index is 0.0446. The third-order valence-corrected chi connectivity index (χ3v) is 9.47. The molecule has 0 rings (SSSR count). The van der Waals surface area contributed by atoms with Gasteiger partial charge in [-0.2, -0.15) is 0 Å². The summed E-state index contributed by atoms with van der Waals surface area (Å²) in [4.78, 5) is 37.4. The zero-order chi connectivity index (χ0) is 40.0. The Hall–Kier alpha value is -2.29. The number of rotatable bonds is 37. The lowest BCUT2D eigenvalue weighted by molar-refractivity contribution is -0.870. The number of esters is 2. The van der Waals surface area contributed by atoms with Crippen LogP contribution >= 0.6 is 7.82 Å². The molecule has 0 spiro atoms. The van der Waals surface area contributed by atoms with Crippen molar-refractivity contribution in [1.82, 2.24) is 0 Å². The van der Waals surface area contributed by atoms with E-state index in [4.69, 9.17) is 18.5 Å². The number of hydrogen-bond acceptors (Lipinski definition) is 8. The van der Waals surface area contributed by atoms with Crippen molar-refractivity contribution >= 4 is 19.8 Å². The molecule has 0 aromatic heterocycles. The third-order valence-electron chi connectivity index (χ3n) is 8.51. The van der Waals surface area contributed by atoms with Gasteiger partial charge in [0.05, 0.1) is 27.7 Å². The van der Waals surface area contributed by atoms with E-state index in [-0.39, 0.29) is 26.1 Å². The molecule has 0 aliphatic rings. The van der Waals surface area contributed by atoms with Gasteiger partial charge in [-0.25, -0.2) is 0 Å². The van der Waals surface area contributed by atoms with Crippen molar-refractivity contribution in [2.75, 3.05) is 47.5 Å². The summed E-state index contributed by atoms with van der Waals surface area (Å²) >= 11 is 0. The Morgan fingerprint density at radius 2 is 1.02 bits per heavy atom. The van der Waals surface area contributed by atoms with Crippen LogP contribution in [0, 0.1) is 0 Å². The summed E-state index contributed by atoms with van der Waals surface area (Å²) in [5, 5.41) is 0. The minimum atomic E-state index is -4.64. The van der Waals surface area contributed by atoms with E-state index >= 15 is 0 Å². The largest absolute Gasteiger partial charge is 0.756 e. The van der Waals surface area contributed by atoms with Gasteiger partial charge in [0, 0.05) is 12.8 Å². The Balaban J connectivity index is 4.52. The topological polar surface area (TPSA) is 111 Å². The van der Waals surface area contributed by atoms with Crippen LogP contribution in [0.5, 0.6) is 0 Å². The summed E-state index contributed by atoms with van der Waals surface area (Å²) in [5.74, 6) is -0.916. The van der Waals surface area contributed by atoms with Crippen LogP contribution in [0.25, 0.3) is 0 Å². The molecule has 0 saturated carbocycles. The molecule has 0 aromatic rings. The number of phosphoric ester groups is 1. The molecule has 10 heteroatoms. The molecule has 0 heterocycles. The van der Waals surface area contributed by atoms with Gasteiger partial charge in [-0.3, -0.25) is 14.2 Å². The van der Waals surface area contributed by atoms with Crippen LogP contribution < -0.4 is 4.89 Å². The maximum atomic E-state index is 12.6. The zero-order valence-corrected chi connectivity index (χ0v) is 35.8. The van der Waals surface area contributed by atoms with Crippen molar-refractivity contribution in [3.05, 3.63) is 60.8 Å². The van der Waals surface area contributed by atoms with Crippen LogP contribution in [0.3, 0.4) is 0 Å². The average Bonchev–Trinajstić information content (AvgIpc) is 3.12. The van der Waals surface area contributed by atoms with Crippen molar-refractivity contribution < 1.29 is 42.1 Å². The summed E-state index contributed by atoms with van der Waals surface area (Å²) in [6, 6.07) is 0. The molecule has 312 valence electrons. The molecule has 0 bridgehead atoms. The van der Waals surface area contributed by atoms with Crippen LogP contribution in [0.15, 0.2) is 60.8 Å². The van der Waals surface area contributed by atoms with Crippen LogP contribution in [0.4, 0.5) is 0 Å². The fourth-order valence-corrected chi connectivity index (χ4v) is 5.90. The van der Waals surface area contributed by atoms with Gasteiger partial charge in [0.1, 0.15) is 19.8 Å². The molecule has 0 amide bonds. The number of carbonyl (C=O) groups is 2. The first kappa shape index (κ1) is 51.7. The number of unbranched alkanes of at least 4 members (excludes halogenated alkanes) is 13. The average molecular weight is 780 g/mol. The van der Waals surface area contributed by atoms with Crippen molar-refractivity contribution in [1.29, 1.82) is 0 Å². The molecular formula is C44H78NO8P.